The molecule has 0 aromatic heterocycles. The van der Waals surface area contributed by atoms with Crippen LogP contribution in [0.2, 0.25) is 5.02 Å². The number of halogens is 1. The number of benzene rings is 1. The molecule has 5 heteroatoms. The Labute approximate surface area is 174 Å². The lowest BCUT2D eigenvalue weighted by Gasteiger charge is -2.08. The van der Waals surface area contributed by atoms with Gasteiger partial charge in [-0.3, -0.25) is 9.59 Å². The molecule has 0 heterocycles. The average molecular weight is 411 g/mol. The van der Waals surface area contributed by atoms with Crippen LogP contribution in [-0.4, -0.2) is 18.5 Å². The summed E-state index contributed by atoms with van der Waals surface area (Å²) in [5.41, 5.74) is 0.860. The number of unbranched alkanes of at least 4 members (excludes halogenated alkanes) is 5. The maximum Gasteiger partial charge on any atom is 0.311 e. The van der Waals surface area contributed by atoms with E-state index < -0.39 is 0 Å². The smallest absolute Gasteiger partial charge is 0.311 e. The summed E-state index contributed by atoms with van der Waals surface area (Å²) in [4.78, 5) is 23.5. The molecule has 1 aromatic carbocycles. The first-order valence-corrected chi connectivity index (χ1v) is 10.9. The Kier molecular flexibility index (Phi) is 12.6. The third-order valence-electron chi connectivity index (χ3n) is 4.56. The van der Waals surface area contributed by atoms with Crippen LogP contribution in [0.15, 0.2) is 18.2 Å². The van der Waals surface area contributed by atoms with Gasteiger partial charge in [0.25, 0.3) is 0 Å². The lowest BCUT2D eigenvalue weighted by atomic mass is 10.1. The first-order valence-electron chi connectivity index (χ1n) is 10.5. The average Bonchev–Trinajstić information content (AvgIpc) is 2.63. The Balaban J connectivity index is 1.97. The predicted octanol–water partition coefficient (Wildman–Crippen LogP) is 6.65. The number of rotatable bonds is 14. The van der Waals surface area contributed by atoms with Gasteiger partial charge in [-0.1, -0.05) is 51.1 Å². The van der Waals surface area contributed by atoms with Gasteiger partial charge in [0.15, 0.2) is 0 Å². The highest BCUT2D eigenvalue weighted by Gasteiger charge is 2.08. The van der Waals surface area contributed by atoms with Crippen LogP contribution in [0.1, 0.15) is 83.6 Å². The van der Waals surface area contributed by atoms with E-state index in [9.17, 15) is 9.59 Å². The second-order valence-corrected chi connectivity index (χ2v) is 8.20. The molecule has 0 amide bonds. The summed E-state index contributed by atoms with van der Waals surface area (Å²) < 4.78 is 10.6. The summed E-state index contributed by atoms with van der Waals surface area (Å²) in [6.07, 6.45) is 8.83. The monoisotopic (exact) mass is 410 g/mol. The molecule has 1 rings (SSSR count). The molecule has 0 bridgehead atoms. The van der Waals surface area contributed by atoms with Crippen molar-refractivity contribution in [2.24, 2.45) is 5.92 Å². The van der Waals surface area contributed by atoms with Crippen LogP contribution in [0.5, 0.6) is 5.75 Å². The third-order valence-corrected chi connectivity index (χ3v) is 4.80. The Morgan fingerprint density at radius 1 is 0.929 bits per heavy atom. The highest BCUT2D eigenvalue weighted by Crippen LogP contribution is 2.22. The maximum absolute atomic E-state index is 11.9. The van der Waals surface area contributed by atoms with Crippen molar-refractivity contribution in [2.45, 2.75) is 85.0 Å². The van der Waals surface area contributed by atoms with Crippen molar-refractivity contribution in [2.75, 3.05) is 6.61 Å². The van der Waals surface area contributed by atoms with Crippen LogP contribution in [0.25, 0.3) is 0 Å². The van der Waals surface area contributed by atoms with E-state index in [4.69, 9.17) is 21.1 Å². The molecule has 0 atom stereocenters. The van der Waals surface area contributed by atoms with Crippen LogP contribution in [-0.2, 0) is 14.3 Å². The van der Waals surface area contributed by atoms with E-state index in [0.717, 1.165) is 56.9 Å². The summed E-state index contributed by atoms with van der Waals surface area (Å²) in [5.74, 6) is 0.947. The molecule has 0 spiro atoms. The highest BCUT2D eigenvalue weighted by molar-refractivity contribution is 6.30. The van der Waals surface area contributed by atoms with E-state index in [1.807, 2.05) is 6.92 Å². The summed E-state index contributed by atoms with van der Waals surface area (Å²) in [6.45, 7) is 6.76. The highest BCUT2D eigenvalue weighted by atomic mass is 35.5. The largest absolute Gasteiger partial charge is 0.466 e. The molecule has 0 unspecified atom stereocenters. The van der Waals surface area contributed by atoms with Crippen LogP contribution < -0.4 is 4.74 Å². The number of carbonyl (C=O) groups is 2. The van der Waals surface area contributed by atoms with Gasteiger partial charge < -0.3 is 9.47 Å². The van der Waals surface area contributed by atoms with Crippen molar-refractivity contribution in [1.29, 1.82) is 0 Å². The van der Waals surface area contributed by atoms with Crippen LogP contribution in [0.4, 0.5) is 0 Å². The van der Waals surface area contributed by atoms with Crippen molar-refractivity contribution >= 4 is 23.5 Å². The maximum atomic E-state index is 11.9. The van der Waals surface area contributed by atoms with E-state index in [1.54, 1.807) is 18.2 Å². The molecular weight excluding hydrogens is 376 g/mol. The minimum absolute atomic E-state index is 0.0796. The van der Waals surface area contributed by atoms with Gasteiger partial charge in [-0.05, 0) is 62.3 Å². The van der Waals surface area contributed by atoms with Crippen LogP contribution in [0, 0.1) is 12.8 Å². The van der Waals surface area contributed by atoms with Crippen molar-refractivity contribution in [3.8, 4) is 5.75 Å². The van der Waals surface area contributed by atoms with Crippen molar-refractivity contribution in [3.63, 3.8) is 0 Å². The molecule has 0 N–H and O–H groups in total. The summed E-state index contributed by atoms with van der Waals surface area (Å²) in [7, 11) is 0. The lowest BCUT2D eigenvalue weighted by Crippen LogP contribution is -2.08. The molecule has 0 radical (unpaired) electrons. The van der Waals surface area contributed by atoms with Gasteiger partial charge in [-0.2, -0.15) is 0 Å². The number of carbonyl (C=O) groups excluding carboxylic acids is 2. The number of hydrogen-bond donors (Lipinski definition) is 0. The number of hydrogen-bond acceptors (Lipinski definition) is 4. The van der Waals surface area contributed by atoms with Gasteiger partial charge in [0, 0.05) is 17.9 Å². The fourth-order valence-corrected chi connectivity index (χ4v) is 3.12. The van der Waals surface area contributed by atoms with Gasteiger partial charge in [0.05, 0.1) is 6.61 Å². The van der Waals surface area contributed by atoms with Gasteiger partial charge in [0.2, 0.25) is 0 Å². The predicted molar refractivity (Wildman–Crippen MR) is 114 cm³/mol. The molecule has 158 valence electrons. The minimum atomic E-state index is -0.203. The molecule has 0 saturated heterocycles. The second kappa shape index (κ2) is 14.4. The fourth-order valence-electron chi connectivity index (χ4n) is 2.90. The topological polar surface area (TPSA) is 52.6 Å². The Morgan fingerprint density at radius 2 is 1.54 bits per heavy atom. The van der Waals surface area contributed by atoms with E-state index in [1.165, 1.54) is 0 Å². The zero-order valence-electron chi connectivity index (χ0n) is 17.6. The SMILES string of the molecule is Cc1cc(Cl)ccc1OC(=O)CCCCCCCCC(=O)OCCCC(C)C. The fraction of sp³-hybridized carbons (Fsp3) is 0.652. The minimum Gasteiger partial charge on any atom is -0.466 e. The number of aryl methyl sites for hydroxylation is 1. The van der Waals surface area contributed by atoms with Gasteiger partial charge in [-0.25, -0.2) is 0 Å². The Morgan fingerprint density at radius 3 is 2.14 bits per heavy atom. The number of ether oxygens (including phenoxy) is 2. The standard InChI is InChI=1S/C23H35ClO4/c1-18(2)11-10-16-27-22(25)12-8-6-4-5-7-9-13-23(26)28-21-15-14-20(24)17-19(21)3/h14-15,17-18H,4-13,16H2,1-3H3. The van der Waals surface area contributed by atoms with Crippen molar-refractivity contribution in [3.05, 3.63) is 28.8 Å². The van der Waals surface area contributed by atoms with Crippen LogP contribution >= 0.6 is 11.6 Å². The molecule has 1 aromatic rings. The molecule has 0 saturated carbocycles. The van der Waals surface area contributed by atoms with Crippen molar-refractivity contribution in [1.82, 2.24) is 0 Å². The van der Waals surface area contributed by atoms with Crippen molar-refractivity contribution < 1.29 is 19.1 Å². The Bertz CT molecular complexity index is 598. The number of esters is 2. The first-order chi connectivity index (χ1) is 13.4. The summed E-state index contributed by atoms with van der Waals surface area (Å²) in [5, 5.41) is 0.636. The zero-order valence-corrected chi connectivity index (χ0v) is 18.4. The van der Waals surface area contributed by atoms with E-state index in [0.29, 0.717) is 36.1 Å². The van der Waals surface area contributed by atoms with Gasteiger partial charge >= 0.3 is 11.9 Å². The molecular formula is C23H35ClO4. The van der Waals surface area contributed by atoms with E-state index >= 15 is 0 Å². The van der Waals surface area contributed by atoms with Gasteiger partial charge in [0.1, 0.15) is 5.75 Å². The normalized spacial score (nSPS) is 10.9. The first kappa shape index (κ1) is 24.5. The lowest BCUT2D eigenvalue weighted by molar-refractivity contribution is -0.144. The molecule has 0 fully saturated rings. The van der Waals surface area contributed by atoms with Crippen LogP contribution in [0.3, 0.4) is 0 Å². The molecule has 0 aliphatic heterocycles. The molecule has 28 heavy (non-hydrogen) atoms. The third kappa shape index (κ3) is 12.0. The Hall–Kier alpha value is -1.55. The van der Waals surface area contributed by atoms with E-state index in [-0.39, 0.29) is 11.9 Å². The van der Waals surface area contributed by atoms with Gasteiger partial charge in [-0.15, -0.1) is 0 Å². The second-order valence-electron chi connectivity index (χ2n) is 7.76. The zero-order chi connectivity index (χ0) is 20.8. The quantitative estimate of drug-likeness (QED) is 0.195. The molecule has 0 aliphatic carbocycles. The molecule has 4 nitrogen and oxygen atoms in total. The summed E-state index contributed by atoms with van der Waals surface area (Å²) >= 11 is 5.90. The summed E-state index contributed by atoms with van der Waals surface area (Å²) in [6, 6.07) is 5.23. The molecule has 0 aliphatic rings. The van der Waals surface area contributed by atoms with E-state index in [2.05, 4.69) is 13.8 Å².